The fourth-order valence-electron chi connectivity index (χ4n) is 9.43. The van der Waals surface area contributed by atoms with Crippen LogP contribution in [-0.2, 0) is 19.7 Å². The second-order valence-corrected chi connectivity index (χ2v) is 17.4. The summed E-state index contributed by atoms with van der Waals surface area (Å²) in [5, 5.41) is 3.23. The molecule has 0 unspecified atom stereocenters. The normalized spacial score (nSPS) is 24.5. The van der Waals surface area contributed by atoms with Gasteiger partial charge in [0.05, 0.1) is 53.5 Å². The summed E-state index contributed by atoms with van der Waals surface area (Å²) in [6, 6.07) is 10.6. The minimum Gasteiger partial charge on any atom is -0.379 e. The number of nitrogens with zero attached hydrogens (tertiary/aromatic N) is 7. The first-order valence-electron chi connectivity index (χ1n) is 19.2. The molecule has 5 aliphatic rings. The van der Waals surface area contributed by atoms with E-state index in [9.17, 15) is 14.0 Å². The van der Waals surface area contributed by atoms with Gasteiger partial charge in [0.15, 0.2) is 11.6 Å². The molecule has 0 radical (unpaired) electrons. The number of nitrogens with one attached hydrogen (secondary N) is 1. The fraction of sp³-hybridized carbons (Fsp3) is 0.537. The van der Waals surface area contributed by atoms with E-state index in [4.69, 9.17) is 14.7 Å². The molecule has 2 amide bonds. The largest absolute Gasteiger partial charge is 0.379 e. The Bertz CT molecular complexity index is 2110. The molecule has 3 aromatic heterocycles. The number of benzene rings is 1. The van der Waals surface area contributed by atoms with E-state index in [1.54, 1.807) is 18.6 Å². The Kier molecular flexibility index (Phi) is 7.98. The highest BCUT2D eigenvalue weighted by molar-refractivity contribution is 6.09. The molecule has 1 saturated carbocycles. The highest BCUT2D eigenvalue weighted by Gasteiger charge is 2.57. The molecule has 7 heterocycles. The third kappa shape index (κ3) is 5.54. The zero-order chi connectivity index (χ0) is 36.9. The minimum absolute atomic E-state index is 0.107. The minimum atomic E-state index is -0.679. The van der Waals surface area contributed by atoms with Crippen molar-refractivity contribution >= 4 is 40.0 Å². The van der Waals surface area contributed by atoms with Gasteiger partial charge in [-0.25, -0.2) is 14.4 Å². The molecule has 12 heteroatoms. The van der Waals surface area contributed by atoms with E-state index >= 15 is 0 Å². The number of hydrogen-bond acceptors (Lipinski definition) is 8. The van der Waals surface area contributed by atoms with Crippen LogP contribution in [0.4, 0.5) is 21.6 Å². The molecule has 11 nitrogen and oxygen atoms in total. The summed E-state index contributed by atoms with van der Waals surface area (Å²) >= 11 is 0. The third-order valence-electron chi connectivity index (χ3n) is 12.8. The van der Waals surface area contributed by atoms with Crippen molar-refractivity contribution in [3.63, 3.8) is 0 Å². The van der Waals surface area contributed by atoms with E-state index in [1.807, 2.05) is 22.5 Å². The van der Waals surface area contributed by atoms with Gasteiger partial charge in [-0.3, -0.25) is 19.5 Å². The number of halogens is 1. The molecular weight excluding hydrogens is 672 g/mol. The molecule has 1 spiro atoms. The maximum atomic E-state index is 14.9. The molecule has 4 aromatic rings. The first kappa shape index (κ1) is 34.4. The van der Waals surface area contributed by atoms with Crippen LogP contribution in [-0.4, -0.2) is 92.6 Å². The van der Waals surface area contributed by atoms with Gasteiger partial charge in [0.2, 0.25) is 11.8 Å². The molecule has 278 valence electrons. The summed E-state index contributed by atoms with van der Waals surface area (Å²) in [5.74, 6) is 0.315. The van der Waals surface area contributed by atoms with E-state index in [0.717, 1.165) is 53.8 Å². The summed E-state index contributed by atoms with van der Waals surface area (Å²) in [7, 11) is 0. The lowest BCUT2D eigenvalue weighted by molar-refractivity contribution is -0.170. The van der Waals surface area contributed by atoms with Gasteiger partial charge in [0, 0.05) is 55.2 Å². The fourth-order valence-corrected chi connectivity index (χ4v) is 9.43. The monoisotopic (exact) mass is 720 g/mol. The second-order valence-electron chi connectivity index (χ2n) is 17.4. The average Bonchev–Trinajstić information content (AvgIpc) is 3.77. The maximum absolute atomic E-state index is 14.9. The molecule has 3 saturated heterocycles. The summed E-state index contributed by atoms with van der Waals surface area (Å²) in [4.78, 5) is 48.8. The number of rotatable bonds is 7. The molecule has 1 aromatic carbocycles. The molecule has 1 aliphatic carbocycles. The first-order valence-corrected chi connectivity index (χ1v) is 19.2. The van der Waals surface area contributed by atoms with Crippen molar-refractivity contribution in [3.8, 4) is 11.3 Å². The van der Waals surface area contributed by atoms with Crippen molar-refractivity contribution in [2.75, 3.05) is 49.6 Å². The number of hydrogen-bond donors (Lipinski definition) is 1. The summed E-state index contributed by atoms with van der Waals surface area (Å²) in [6.45, 7) is 15.0. The van der Waals surface area contributed by atoms with E-state index in [0.29, 0.717) is 62.1 Å². The van der Waals surface area contributed by atoms with E-state index in [2.05, 4.69) is 66.0 Å². The van der Waals surface area contributed by atoms with E-state index < -0.39 is 16.6 Å². The van der Waals surface area contributed by atoms with Crippen LogP contribution in [0.1, 0.15) is 78.3 Å². The van der Waals surface area contributed by atoms with E-state index in [-0.39, 0.29) is 29.6 Å². The van der Waals surface area contributed by atoms with Crippen LogP contribution >= 0.6 is 0 Å². The predicted octanol–water partition coefficient (Wildman–Crippen LogP) is 6.46. The van der Waals surface area contributed by atoms with Crippen molar-refractivity contribution < 1.29 is 18.7 Å². The Morgan fingerprint density at radius 3 is 2.45 bits per heavy atom. The predicted molar refractivity (Wildman–Crippen MR) is 202 cm³/mol. The van der Waals surface area contributed by atoms with Crippen molar-refractivity contribution in [2.24, 2.45) is 10.8 Å². The molecule has 4 fully saturated rings. The zero-order valence-corrected chi connectivity index (χ0v) is 31.4. The molecule has 0 bridgehead atoms. The molecule has 53 heavy (non-hydrogen) atoms. The van der Waals surface area contributed by atoms with Crippen molar-refractivity contribution in [3.05, 3.63) is 60.4 Å². The van der Waals surface area contributed by atoms with Crippen LogP contribution in [0, 0.1) is 16.6 Å². The molecule has 9 rings (SSSR count). The number of fused-ring (bicyclic) bond motifs is 3. The highest BCUT2D eigenvalue weighted by Crippen LogP contribution is 2.53. The van der Waals surface area contributed by atoms with Gasteiger partial charge in [0.1, 0.15) is 5.52 Å². The second kappa shape index (κ2) is 12.3. The van der Waals surface area contributed by atoms with E-state index in [1.165, 1.54) is 12.6 Å². The third-order valence-corrected chi connectivity index (χ3v) is 12.8. The number of imidazole rings is 1. The topological polar surface area (TPSA) is 109 Å². The molecule has 1 N–H and O–H groups in total. The number of anilines is 3. The number of aromatic nitrogens is 4. The van der Waals surface area contributed by atoms with Crippen LogP contribution in [0.5, 0.6) is 0 Å². The van der Waals surface area contributed by atoms with Crippen LogP contribution in [0.25, 0.3) is 22.3 Å². The van der Waals surface area contributed by atoms with Crippen molar-refractivity contribution in [2.45, 2.75) is 90.3 Å². The maximum Gasteiger partial charge on any atom is 0.238 e. The van der Waals surface area contributed by atoms with Gasteiger partial charge in [-0.05, 0) is 88.6 Å². The Morgan fingerprint density at radius 2 is 1.79 bits per heavy atom. The highest BCUT2D eigenvalue weighted by atomic mass is 19.1. The lowest BCUT2D eigenvalue weighted by Crippen LogP contribution is -2.59. The lowest BCUT2D eigenvalue weighted by Gasteiger charge is -2.47. The first-order chi connectivity index (χ1) is 25.4. The number of pyridine rings is 2. The van der Waals surface area contributed by atoms with Gasteiger partial charge < -0.3 is 24.4 Å². The number of amides is 2. The van der Waals surface area contributed by atoms with Gasteiger partial charge >= 0.3 is 0 Å². The number of piperidine rings is 1. The van der Waals surface area contributed by atoms with Gasteiger partial charge in [-0.15, -0.1) is 0 Å². The van der Waals surface area contributed by atoms with Crippen molar-refractivity contribution in [1.29, 1.82) is 0 Å². The average molecular weight is 721 g/mol. The van der Waals surface area contributed by atoms with Crippen LogP contribution in [0.3, 0.4) is 0 Å². The van der Waals surface area contributed by atoms with Crippen LogP contribution in [0.2, 0.25) is 0 Å². The van der Waals surface area contributed by atoms with Crippen molar-refractivity contribution in [1.82, 2.24) is 29.3 Å². The molecular formula is C41H49FN8O3. The van der Waals surface area contributed by atoms with Gasteiger partial charge in [-0.2, -0.15) is 0 Å². The zero-order valence-electron chi connectivity index (χ0n) is 31.4. The summed E-state index contributed by atoms with van der Waals surface area (Å²) in [6.07, 6.45) is 8.82. The number of ether oxygens (including phenoxy) is 1. The number of carbonyl (C=O) groups excluding carboxylic acids is 2. The van der Waals surface area contributed by atoms with Gasteiger partial charge in [-0.1, -0.05) is 26.0 Å². The Labute approximate surface area is 309 Å². The van der Waals surface area contributed by atoms with Crippen LogP contribution in [0.15, 0.2) is 49.1 Å². The Morgan fingerprint density at radius 1 is 1.02 bits per heavy atom. The number of carbonyl (C=O) groups is 2. The quantitative estimate of drug-likeness (QED) is 0.232. The SMILES string of the molecule is CC(C)n1cnc2cc(-c3ccc4c(c3)N([C@H]3C[C@@H](N5CCC(C)(C)C5)C3)C(=O)C43CCN(C(=O)C4(C)COC4)CC3)nc(Nc3ccncc3F)c21. The summed E-state index contributed by atoms with van der Waals surface area (Å²) < 4.78 is 22.3. The number of likely N-dealkylation sites (tertiary alicyclic amines) is 2. The Balaban J connectivity index is 1.08. The van der Waals surface area contributed by atoms with Crippen LogP contribution < -0.4 is 10.2 Å². The molecule has 4 aliphatic heterocycles. The Hall–Kier alpha value is -4.42. The van der Waals surface area contributed by atoms with Gasteiger partial charge in [0.25, 0.3) is 0 Å². The summed E-state index contributed by atoms with van der Waals surface area (Å²) in [5.41, 5.74) is 4.51. The lowest BCUT2D eigenvalue weighted by atomic mass is 9.72. The molecule has 0 atom stereocenters. The smallest absolute Gasteiger partial charge is 0.238 e. The standard InChI is InChI=1S/C41H49FN8O3/c1-25(2)49-24-44-33-19-32(46-36(35(33)49)45-31-8-12-43-20-30(31)42)26-6-7-29-34(16-26)50(28-17-27(18-28)48-13-9-39(3,4)21-48)38(52)41(29)10-14-47(15-11-41)37(51)40(5)22-53-23-40/h6-8,12,16,19-20,24-25,27-28H,9-11,13-15,17-18,21-23H2,1-5H3,(H,43,45,46)/t27-,28+.